The maximum atomic E-state index is 13.1. The Kier molecular flexibility index (Phi) is 3.89. The molecule has 128 valence electrons. The molecule has 0 radical (unpaired) electrons. The second-order valence-electron chi connectivity index (χ2n) is 5.98. The number of hydrogen-bond donors (Lipinski definition) is 3. The van der Waals surface area contributed by atoms with Crippen molar-refractivity contribution in [3.05, 3.63) is 84.3 Å². The summed E-state index contributed by atoms with van der Waals surface area (Å²) in [6.45, 7) is 0. The third kappa shape index (κ3) is 3.02. The number of carbonyl (C=O) groups is 1. The van der Waals surface area contributed by atoms with E-state index in [-0.39, 0.29) is 11.4 Å². The molecule has 1 aromatic heterocycles. The molecule has 5 heteroatoms. The maximum absolute atomic E-state index is 13.1. The quantitative estimate of drug-likeness (QED) is 0.462. The summed E-state index contributed by atoms with van der Waals surface area (Å²) in [7, 11) is 0. The highest BCUT2D eigenvalue weighted by atomic mass is 19.1. The molecule has 0 amide bonds. The fraction of sp³-hybridized carbons (Fsp3) is 0. The normalized spacial score (nSPS) is 10.8. The number of H-pyrrole nitrogens is 1. The first-order chi connectivity index (χ1) is 12.6. The summed E-state index contributed by atoms with van der Waals surface area (Å²) in [6.07, 6.45) is 1.88. The van der Waals surface area contributed by atoms with Gasteiger partial charge in [-0.05, 0) is 71.1 Å². The first-order valence-electron chi connectivity index (χ1n) is 8.07. The van der Waals surface area contributed by atoms with Gasteiger partial charge >= 0.3 is 5.97 Å². The number of nitrogens with one attached hydrogen (secondary N) is 2. The second kappa shape index (κ2) is 6.37. The van der Waals surface area contributed by atoms with Gasteiger partial charge in [0.15, 0.2) is 0 Å². The molecule has 4 nitrogen and oxygen atoms in total. The molecule has 0 aliphatic rings. The van der Waals surface area contributed by atoms with Gasteiger partial charge in [-0.1, -0.05) is 12.1 Å². The van der Waals surface area contributed by atoms with Crippen molar-refractivity contribution in [2.75, 3.05) is 5.32 Å². The summed E-state index contributed by atoms with van der Waals surface area (Å²) in [5, 5.41) is 13.6. The van der Waals surface area contributed by atoms with Crippen LogP contribution in [0.15, 0.2) is 72.9 Å². The molecule has 0 saturated carbocycles. The van der Waals surface area contributed by atoms with Gasteiger partial charge in [0, 0.05) is 17.4 Å². The summed E-state index contributed by atoms with van der Waals surface area (Å²) in [4.78, 5) is 14.7. The molecule has 0 unspecified atom stereocenters. The van der Waals surface area contributed by atoms with E-state index in [1.165, 1.54) is 12.1 Å². The Bertz CT molecular complexity index is 1100. The van der Waals surface area contributed by atoms with Crippen molar-refractivity contribution in [2.24, 2.45) is 0 Å². The second-order valence-corrected chi connectivity index (χ2v) is 5.98. The van der Waals surface area contributed by atoms with Crippen LogP contribution in [0, 0.1) is 5.82 Å². The zero-order valence-electron chi connectivity index (χ0n) is 13.7. The van der Waals surface area contributed by atoms with Gasteiger partial charge in [0.1, 0.15) is 5.82 Å². The van der Waals surface area contributed by atoms with E-state index in [1.54, 1.807) is 30.3 Å². The molecule has 3 N–H and O–H groups in total. The molecular formula is C21H15FN2O2. The van der Waals surface area contributed by atoms with Gasteiger partial charge in [-0.2, -0.15) is 0 Å². The molecule has 0 bridgehead atoms. The van der Waals surface area contributed by atoms with Crippen LogP contribution < -0.4 is 5.32 Å². The van der Waals surface area contributed by atoms with Crippen LogP contribution in [-0.4, -0.2) is 16.1 Å². The molecule has 0 fully saturated rings. The Morgan fingerprint density at radius 2 is 1.65 bits per heavy atom. The molecule has 4 aromatic rings. The molecule has 0 atom stereocenters. The minimum Gasteiger partial charge on any atom is -0.478 e. The largest absolute Gasteiger partial charge is 0.478 e. The molecule has 26 heavy (non-hydrogen) atoms. The summed E-state index contributed by atoms with van der Waals surface area (Å²) < 4.78 is 13.1. The smallest absolute Gasteiger partial charge is 0.337 e. The first-order valence-corrected chi connectivity index (χ1v) is 8.07. The first kappa shape index (κ1) is 15.9. The van der Waals surface area contributed by atoms with Gasteiger partial charge in [-0.25, -0.2) is 9.18 Å². The fourth-order valence-corrected chi connectivity index (χ4v) is 2.94. The number of carboxylic acids is 1. The maximum Gasteiger partial charge on any atom is 0.337 e. The molecule has 3 aromatic carbocycles. The number of aromatic carboxylic acids is 1. The number of fused-ring (bicyclic) bond motifs is 1. The monoisotopic (exact) mass is 346 g/mol. The summed E-state index contributed by atoms with van der Waals surface area (Å²) >= 11 is 0. The van der Waals surface area contributed by atoms with Gasteiger partial charge in [0.2, 0.25) is 0 Å². The summed E-state index contributed by atoms with van der Waals surface area (Å²) in [5.74, 6) is -1.37. The van der Waals surface area contributed by atoms with Gasteiger partial charge in [-0.15, -0.1) is 0 Å². The Morgan fingerprint density at radius 1 is 0.923 bits per heavy atom. The van der Waals surface area contributed by atoms with Crippen LogP contribution in [0.5, 0.6) is 0 Å². The van der Waals surface area contributed by atoms with Gasteiger partial charge in [-0.3, -0.25) is 0 Å². The fourth-order valence-electron chi connectivity index (χ4n) is 2.94. The molecular weight excluding hydrogens is 331 g/mol. The standard InChI is InChI=1S/C21H15FN2O2/c22-16-3-5-17(6-4-16)24-20-12-14(1-7-18(20)21(25)26)13-2-8-19-15(11-13)9-10-23-19/h1-12,23-24H,(H,25,26). The van der Waals surface area contributed by atoms with Crippen molar-refractivity contribution in [3.8, 4) is 11.1 Å². The predicted molar refractivity (Wildman–Crippen MR) is 100 cm³/mol. The van der Waals surface area contributed by atoms with Crippen LogP contribution in [0.4, 0.5) is 15.8 Å². The van der Waals surface area contributed by atoms with Crippen molar-refractivity contribution in [3.63, 3.8) is 0 Å². The number of carboxylic acid groups (broad SMARTS) is 1. The molecule has 1 heterocycles. The molecule has 0 aliphatic heterocycles. The minimum atomic E-state index is -1.03. The van der Waals surface area contributed by atoms with Crippen molar-refractivity contribution in [2.45, 2.75) is 0 Å². The lowest BCUT2D eigenvalue weighted by Crippen LogP contribution is -2.03. The number of benzene rings is 3. The zero-order chi connectivity index (χ0) is 18.1. The lowest BCUT2D eigenvalue weighted by Gasteiger charge is -2.12. The van der Waals surface area contributed by atoms with E-state index in [0.717, 1.165) is 22.0 Å². The van der Waals surface area contributed by atoms with E-state index in [9.17, 15) is 14.3 Å². The van der Waals surface area contributed by atoms with Crippen molar-refractivity contribution in [1.29, 1.82) is 0 Å². The number of rotatable bonds is 4. The van der Waals surface area contributed by atoms with Crippen molar-refractivity contribution >= 4 is 28.2 Å². The molecule has 0 aliphatic carbocycles. The van der Waals surface area contributed by atoms with Crippen molar-refractivity contribution in [1.82, 2.24) is 4.98 Å². The highest BCUT2D eigenvalue weighted by Crippen LogP contribution is 2.30. The number of halogens is 1. The van der Waals surface area contributed by atoms with Crippen LogP contribution in [0.25, 0.3) is 22.0 Å². The van der Waals surface area contributed by atoms with E-state index < -0.39 is 5.97 Å². The number of aromatic nitrogens is 1. The van der Waals surface area contributed by atoms with Gasteiger partial charge < -0.3 is 15.4 Å². The topological polar surface area (TPSA) is 65.1 Å². The highest BCUT2D eigenvalue weighted by Gasteiger charge is 2.12. The van der Waals surface area contributed by atoms with Crippen LogP contribution in [0.2, 0.25) is 0 Å². The van der Waals surface area contributed by atoms with E-state index in [0.29, 0.717) is 11.4 Å². The molecule has 0 saturated heterocycles. The summed E-state index contributed by atoms with van der Waals surface area (Å²) in [5.41, 5.74) is 4.14. The number of aromatic amines is 1. The Labute approximate surface area is 148 Å². The van der Waals surface area contributed by atoms with E-state index in [4.69, 9.17) is 0 Å². The number of hydrogen-bond acceptors (Lipinski definition) is 2. The lowest BCUT2D eigenvalue weighted by molar-refractivity contribution is 0.0698. The zero-order valence-corrected chi connectivity index (χ0v) is 13.7. The Balaban J connectivity index is 1.76. The summed E-state index contributed by atoms with van der Waals surface area (Å²) in [6, 6.07) is 18.9. The van der Waals surface area contributed by atoms with Gasteiger partial charge in [0.05, 0.1) is 11.3 Å². The van der Waals surface area contributed by atoms with Crippen LogP contribution in [0.3, 0.4) is 0 Å². The third-order valence-electron chi connectivity index (χ3n) is 4.26. The number of anilines is 2. The lowest BCUT2D eigenvalue weighted by atomic mass is 10.0. The molecule has 0 spiro atoms. The average Bonchev–Trinajstić information content (AvgIpc) is 3.11. The predicted octanol–water partition coefficient (Wildman–Crippen LogP) is 5.42. The van der Waals surface area contributed by atoms with Crippen LogP contribution >= 0.6 is 0 Å². The van der Waals surface area contributed by atoms with Crippen molar-refractivity contribution < 1.29 is 14.3 Å². The van der Waals surface area contributed by atoms with E-state index in [1.807, 2.05) is 30.5 Å². The molecule has 4 rings (SSSR count). The Morgan fingerprint density at radius 3 is 2.42 bits per heavy atom. The average molecular weight is 346 g/mol. The van der Waals surface area contributed by atoms with E-state index >= 15 is 0 Å². The highest BCUT2D eigenvalue weighted by molar-refractivity contribution is 5.97. The van der Waals surface area contributed by atoms with Gasteiger partial charge in [0.25, 0.3) is 0 Å². The minimum absolute atomic E-state index is 0.154. The third-order valence-corrected chi connectivity index (χ3v) is 4.26. The Hall–Kier alpha value is -3.60. The van der Waals surface area contributed by atoms with Crippen LogP contribution in [0.1, 0.15) is 10.4 Å². The van der Waals surface area contributed by atoms with Crippen LogP contribution in [-0.2, 0) is 0 Å². The SMILES string of the molecule is O=C(O)c1ccc(-c2ccc3[nH]ccc3c2)cc1Nc1ccc(F)cc1. The van der Waals surface area contributed by atoms with E-state index in [2.05, 4.69) is 10.3 Å².